The van der Waals surface area contributed by atoms with Gasteiger partial charge in [0, 0.05) is 23.5 Å². The first-order valence-corrected chi connectivity index (χ1v) is 6.35. The second-order valence-corrected chi connectivity index (χ2v) is 4.69. The van der Waals surface area contributed by atoms with Crippen LogP contribution in [0.3, 0.4) is 0 Å². The lowest BCUT2D eigenvalue weighted by atomic mass is 10.2. The van der Waals surface area contributed by atoms with Gasteiger partial charge in [0.05, 0.1) is 9.99 Å². The summed E-state index contributed by atoms with van der Waals surface area (Å²) in [5.41, 5.74) is 1.97. The summed E-state index contributed by atoms with van der Waals surface area (Å²) in [6.45, 7) is 0. The Hall–Kier alpha value is -1.94. The van der Waals surface area contributed by atoms with Crippen molar-refractivity contribution in [3.63, 3.8) is 0 Å². The van der Waals surface area contributed by atoms with Crippen LogP contribution in [0.4, 0.5) is 11.5 Å². The van der Waals surface area contributed by atoms with Gasteiger partial charge < -0.3 is 5.32 Å². The van der Waals surface area contributed by atoms with Crippen molar-refractivity contribution in [3.8, 4) is 0 Å². The van der Waals surface area contributed by atoms with E-state index in [0.717, 1.165) is 26.9 Å². The number of halogens is 1. The molecule has 2 heterocycles. The SMILES string of the molecule is Brc1cccnc1Nc1cccc2ncccc12. The van der Waals surface area contributed by atoms with E-state index in [9.17, 15) is 0 Å². The molecule has 4 heteroatoms. The van der Waals surface area contributed by atoms with Gasteiger partial charge in [0.2, 0.25) is 0 Å². The molecule has 3 nitrogen and oxygen atoms in total. The molecule has 3 aromatic rings. The van der Waals surface area contributed by atoms with Crippen LogP contribution in [0.15, 0.2) is 59.3 Å². The zero-order chi connectivity index (χ0) is 12.4. The second kappa shape index (κ2) is 4.74. The van der Waals surface area contributed by atoms with Crippen LogP contribution in [0.1, 0.15) is 0 Å². The third-order valence-corrected chi connectivity index (χ3v) is 3.30. The minimum absolute atomic E-state index is 0.800. The first-order chi connectivity index (χ1) is 8.84. The fraction of sp³-hybridized carbons (Fsp3) is 0. The van der Waals surface area contributed by atoms with Crippen molar-refractivity contribution in [1.82, 2.24) is 9.97 Å². The van der Waals surface area contributed by atoms with E-state index in [1.807, 2.05) is 42.5 Å². The van der Waals surface area contributed by atoms with Gasteiger partial charge in [0.25, 0.3) is 0 Å². The highest BCUT2D eigenvalue weighted by atomic mass is 79.9. The number of hydrogen-bond acceptors (Lipinski definition) is 3. The molecule has 0 aliphatic heterocycles. The molecule has 1 aromatic carbocycles. The Morgan fingerprint density at radius 1 is 0.889 bits per heavy atom. The van der Waals surface area contributed by atoms with Gasteiger partial charge in [0.15, 0.2) is 0 Å². The quantitative estimate of drug-likeness (QED) is 0.773. The molecule has 0 atom stereocenters. The van der Waals surface area contributed by atoms with Crippen molar-refractivity contribution in [3.05, 3.63) is 59.3 Å². The van der Waals surface area contributed by atoms with E-state index in [1.54, 1.807) is 12.4 Å². The molecule has 0 radical (unpaired) electrons. The summed E-state index contributed by atoms with van der Waals surface area (Å²) in [6, 6.07) is 13.8. The molecule has 1 N–H and O–H groups in total. The number of nitrogens with zero attached hydrogens (tertiary/aromatic N) is 2. The lowest BCUT2D eigenvalue weighted by Gasteiger charge is -2.09. The van der Waals surface area contributed by atoms with E-state index < -0.39 is 0 Å². The highest BCUT2D eigenvalue weighted by Gasteiger charge is 2.04. The van der Waals surface area contributed by atoms with Crippen molar-refractivity contribution in [2.45, 2.75) is 0 Å². The van der Waals surface area contributed by atoms with Gasteiger partial charge in [-0.05, 0) is 52.3 Å². The van der Waals surface area contributed by atoms with E-state index in [-0.39, 0.29) is 0 Å². The summed E-state index contributed by atoms with van der Waals surface area (Å²) >= 11 is 3.48. The predicted molar refractivity (Wildman–Crippen MR) is 77.0 cm³/mol. The molecule has 3 rings (SSSR count). The molecule has 0 aliphatic carbocycles. The van der Waals surface area contributed by atoms with Gasteiger partial charge in [-0.2, -0.15) is 0 Å². The normalized spacial score (nSPS) is 10.5. The van der Waals surface area contributed by atoms with Crippen LogP contribution in [0, 0.1) is 0 Å². The molecule has 88 valence electrons. The molecule has 0 saturated heterocycles. The van der Waals surface area contributed by atoms with Crippen molar-refractivity contribution < 1.29 is 0 Å². The highest BCUT2D eigenvalue weighted by Crippen LogP contribution is 2.27. The average Bonchev–Trinajstić information content (AvgIpc) is 2.42. The van der Waals surface area contributed by atoms with Crippen molar-refractivity contribution >= 4 is 38.3 Å². The van der Waals surface area contributed by atoms with Gasteiger partial charge >= 0.3 is 0 Å². The van der Waals surface area contributed by atoms with Crippen molar-refractivity contribution in [2.75, 3.05) is 5.32 Å². The largest absolute Gasteiger partial charge is 0.339 e. The van der Waals surface area contributed by atoms with E-state index in [1.165, 1.54) is 0 Å². The Labute approximate surface area is 113 Å². The number of hydrogen-bond donors (Lipinski definition) is 1. The fourth-order valence-electron chi connectivity index (χ4n) is 1.82. The molecule has 0 unspecified atom stereocenters. The average molecular weight is 300 g/mol. The Morgan fingerprint density at radius 3 is 2.61 bits per heavy atom. The molecule has 0 saturated carbocycles. The Balaban J connectivity index is 2.08. The van der Waals surface area contributed by atoms with Gasteiger partial charge in [-0.15, -0.1) is 0 Å². The highest BCUT2D eigenvalue weighted by molar-refractivity contribution is 9.10. The Bertz CT molecular complexity index is 692. The van der Waals surface area contributed by atoms with E-state index in [0.29, 0.717) is 0 Å². The Kier molecular flexibility index (Phi) is 2.94. The zero-order valence-corrected chi connectivity index (χ0v) is 11.1. The lowest BCUT2D eigenvalue weighted by molar-refractivity contribution is 1.29. The Morgan fingerprint density at radius 2 is 1.72 bits per heavy atom. The standard InChI is InChI=1S/C14H10BrN3/c15-11-5-3-9-17-14(11)18-13-7-1-6-12-10(13)4-2-8-16-12/h1-9H,(H,17,18). The number of fused-ring (bicyclic) bond motifs is 1. The van der Waals surface area contributed by atoms with E-state index in [4.69, 9.17) is 0 Å². The van der Waals surface area contributed by atoms with Gasteiger partial charge in [-0.1, -0.05) is 6.07 Å². The summed E-state index contributed by atoms with van der Waals surface area (Å²) < 4.78 is 0.936. The first kappa shape index (κ1) is 11.2. The third-order valence-electron chi connectivity index (χ3n) is 2.66. The van der Waals surface area contributed by atoms with Crippen LogP contribution in [-0.2, 0) is 0 Å². The molecule has 0 bridgehead atoms. The van der Waals surface area contributed by atoms with Crippen LogP contribution in [-0.4, -0.2) is 9.97 Å². The number of aromatic nitrogens is 2. The van der Waals surface area contributed by atoms with Crippen LogP contribution in [0.5, 0.6) is 0 Å². The first-order valence-electron chi connectivity index (χ1n) is 5.56. The maximum Gasteiger partial charge on any atom is 0.144 e. The third kappa shape index (κ3) is 2.07. The molecule has 0 spiro atoms. The summed E-state index contributed by atoms with van der Waals surface area (Å²) in [5.74, 6) is 0.800. The maximum atomic E-state index is 4.33. The van der Waals surface area contributed by atoms with Gasteiger partial charge in [0.1, 0.15) is 5.82 Å². The predicted octanol–water partition coefficient (Wildman–Crippen LogP) is 4.14. The summed E-state index contributed by atoms with van der Waals surface area (Å²) in [7, 11) is 0. The topological polar surface area (TPSA) is 37.8 Å². The van der Waals surface area contributed by atoms with Crippen molar-refractivity contribution in [2.24, 2.45) is 0 Å². The smallest absolute Gasteiger partial charge is 0.144 e. The fourth-order valence-corrected chi connectivity index (χ4v) is 2.17. The molecule has 0 aliphatic rings. The number of nitrogens with one attached hydrogen (secondary N) is 1. The van der Waals surface area contributed by atoms with Crippen molar-refractivity contribution in [1.29, 1.82) is 0 Å². The minimum Gasteiger partial charge on any atom is -0.339 e. The summed E-state index contributed by atoms with van der Waals surface area (Å²) in [4.78, 5) is 8.64. The monoisotopic (exact) mass is 299 g/mol. The number of rotatable bonds is 2. The van der Waals surface area contributed by atoms with Crippen LogP contribution >= 0.6 is 15.9 Å². The minimum atomic E-state index is 0.800. The lowest BCUT2D eigenvalue weighted by Crippen LogP contribution is -1.95. The van der Waals surface area contributed by atoms with Crippen LogP contribution < -0.4 is 5.32 Å². The van der Waals surface area contributed by atoms with Gasteiger partial charge in [-0.25, -0.2) is 4.98 Å². The molecular weight excluding hydrogens is 290 g/mol. The second-order valence-electron chi connectivity index (χ2n) is 3.83. The van der Waals surface area contributed by atoms with Crippen LogP contribution in [0.25, 0.3) is 10.9 Å². The molecular formula is C14H10BrN3. The van der Waals surface area contributed by atoms with Gasteiger partial charge in [-0.3, -0.25) is 4.98 Å². The zero-order valence-electron chi connectivity index (χ0n) is 9.47. The molecule has 0 amide bonds. The van der Waals surface area contributed by atoms with E-state index in [2.05, 4.69) is 31.2 Å². The number of benzene rings is 1. The number of anilines is 2. The van der Waals surface area contributed by atoms with Crippen LogP contribution in [0.2, 0.25) is 0 Å². The molecule has 0 fully saturated rings. The molecule has 18 heavy (non-hydrogen) atoms. The summed E-state index contributed by atoms with van der Waals surface area (Å²) in [6.07, 6.45) is 3.55. The maximum absolute atomic E-state index is 4.33. The molecule has 2 aromatic heterocycles. The van der Waals surface area contributed by atoms with E-state index >= 15 is 0 Å². The number of pyridine rings is 2. The summed E-state index contributed by atoms with van der Waals surface area (Å²) in [5, 5.41) is 4.40.